The van der Waals surface area contributed by atoms with Gasteiger partial charge in [-0.15, -0.1) is 11.3 Å². The molecule has 1 aromatic heterocycles. The highest BCUT2D eigenvalue weighted by molar-refractivity contribution is 7.10. The Kier molecular flexibility index (Phi) is 4.56. The van der Waals surface area contributed by atoms with Crippen LogP contribution in [0.3, 0.4) is 0 Å². The Morgan fingerprint density at radius 1 is 1.07 bits per heavy atom. The topological polar surface area (TPSA) is 64.2 Å². The highest BCUT2D eigenvalue weighted by atomic mass is 35.5. The molecular formula is C21H11ClF3NO2S. The summed E-state index contributed by atoms with van der Waals surface area (Å²) in [5.74, 6) is -0.651. The van der Waals surface area contributed by atoms with Crippen LogP contribution in [-0.2, 0) is 12.6 Å². The first-order chi connectivity index (χ1) is 13.7. The van der Waals surface area contributed by atoms with Crippen LogP contribution >= 0.6 is 22.9 Å². The number of alkyl halides is 3. The van der Waals surface area contributed by atoms with E-state index >= 15 is 0 Å². The van der Waals surface area contributed by atoms with Crippen molar-refractivity contribution in [3.05, 3.63) is 79.5 Å². The molecule has 0 atom stereocenters. The fourth-order valence-corrected chi connectivity index (χ4v) is 4.46. The van der Waals surface area contributed by atoms with E-state index in [0.29, 0.717) is 33.2 Å². The van der Waals surface area contributed by atoms with E-state index in [0.717, 1.165) is 0 Å². The number of hydrogen-bond acceptors (Lipinski definition) is 4. The summed E-state index contributed by atoms with van der Waals surface area (Å²) in [6, 6.07) is 10.1. The number of benzene rings is 2. The molecule has 2 aromatic carbocycles. The Balaban J connectivity index is 2.05. The average Bonchev–Trinajstić information content (AvgIpc) is 3.26. The van der Waals surface area contributed by atoms with Crippen LogP contribution in [0, 0.1) is 11.3 Å². The van der Waals surface area contributed by atoms with Crippen LogP contribution in [0.25, 0.3) is 11.1 Å². The zero-order chi connectivity index (χ0) is 20.9. The third-order valence-electron chi connectivity index (χ3n) is 4.80. The summed E-state index contributed by atoms with van der Waals surface area (Å²) < 4.78 is 41.0. The molecule has 0 saturated heterocycles. The number of fused-ring (bicyclic) bond motifs is 1. The number of hydrogen-bond donors (Lipinski definition) is 2. The van der Waals surface area contributed by atoms with Gasteiger partial charge in [0, 0.05) is 5.56 Å². The summed E-state index contributed by atoms with van der Waals surface area (Å²) in [6.07, 6.45) is -4.70. The Morgan fingerprint density at radius 2 is 1.83 bits per heavy atom. The second-order valence-electron chi connectivity index (χ2n) is 6.49. The molecule has 146 valence electrons. The molecule has 3 aromatic rings. The minimum atomic E-state index is -4.65. The van der Waals surface area contributed by atoms with E-state index in [1.54, 1.807) is 17.5 Å². The van der Waals surface area contributed by atoms with E-state index in [-0.39, 0.29) is 28.3 Å². The summed E-state index contributed by atoms with van der Waals surface area (Å²) in [5, 5.41) is 30.9. The third-order valence-corrected chi connectivity index (χ3v) is 5.92. The van der Waals surface area contributed by atoms with Crippen LogP contribution in [0.4, 0.5) is 13.2 Å². The number of phenolic OH excluding ortho intramolecular Hbond substituents is 2. The highest BCUT2D eigenvalue weighted by Gasteiger charge is 2.39. The lowest BCUT2D eigenvalue weighted by Gasteiger charge is -2.14. The lowest BCUT2D eigenvalue weighted by molar-refractivity contribution is -0.138. The zero-order valence-corrected chi connectivity index (χ0v) is 16.1. The Bertz CT molecular complexity index is 1220. The quantitative estimate of drug-likeness (QED) is 0.504. The van der Waals surface area contributed by atoms with Crippen molar-refractivity contribution in [3.63, 3.8) is 0 Å². The normalized spacial score (nSPS) is 13.5. The molecule has 2 N–H and O–H groups in total. The molecule has 8 heteroatoms. The first-order valence-corrected chi connectivity index (χ1v) is 9.60. The van der Waals surface area contributed by atoms with E-state index in [1.165, 1.54) is 29.5 Å². The molecule has 0 saturated carbocycles. The summed E-state index contributed by atoms with van der Waals surface area (Å²) in [5.41, 5.74) is 1.34. The van der Waals surface area contributed by atoms with Gasteiger partial charge in [-0.2, -0.15) is 18.4 Å². The lowest BCUT2D eigenvalue weighted by Crippen LogP contribution is -2.09. The number of phenols is 2. The van der Waals surface area contributed by atoms with Crippen LogP contribution in [0.15, 0.2) is 41.8 Å². The molecule has 0 fully saturated rings. The van der Waals surface area contributed by atoms with E-state index in [2.05, 4.69) is 6.07 Å². The number of nitrogens with zero attached hydrogens (tertiary/aromatic N) is 1. The second-order valence-corrected chi connectivity index (χ2v) is 7.81. The minimum absolute atomic E-state index is 0.0274. The molecule has 3 nitrogen and oxygen atoms in total. The van der Waals surface area contributed by atoms with Crippen molar-refractivity contribution in [2.24, 2.45) is 0 Å². The predicted octanol–water partition coefficient (Wildman–Crippen LogP) is 6.22. The van der Waals surface area contributed by atoms with Crippen molar-refractivity contribution >= 4 is 34.1 Å². The van der Waals surface area contributed by atoms with Crippen molar-refractivity contribution in [1.82, 2.24) is 0 Å². The molecule has 0 aliphatic heterocycles. The van der Waals surface area contributed by atoms with Gasteiger partial charge in [0.1, 0.15) is 22.4 Å². The predicted molar refractivity (Wildman–Crippen MR) is 105 cm³/mol. The van der Waals surface area contributed by atoms with Crippen LogP contribution in [0.2, 0.25) is 5.02 Å². The summed E-state index contributed by atoms with van der Waals surface area (Å²) in [6.45, 7) is 0. The molecular weight excluding hydrogens is 423 g/mol. The molecule has 0 unspecified atom stereocenters. The number of nitriles is 1. The lowest BCUT2D eigenvalue weighted by atomic mass is 9.94. The van der Waals surface area contributed by atoms with Crippen molar-refractivity contribution < 1.29 is 23.4 Å². The van der Waals surface area contributed by atoms with Gasteiger partial charge in [-0.1, -0.05) is 17.7 Å². The largest absolute Gasteiger partial charge is 0.508 e. The zero-order valence-electron chi connectivity index (χ0n) is 14.5. The van der Waals surface area contributed by atoms with Gasteiger partial charge in [0.15, 0.2) is 0 Å². The fourth-order valence-electron chi connectivity index (χ4n) is 3.59. The minimum Gasteiger partial charge on any atom is -0.508 e. The number of rotatable bonds is 2. The molecule has 29 heavy (non-hydrogen) atoms. The van der Waals surface area contributed by atoms with Crippen LogP contribution in [-0.4, -0.2) is 10.2 Å². The monoisotopic (exact) mass is 433 g/mol. The molecule has 0 radical (unpaired) electrons. The van der Waals surface area contributed by atoms with Gasteiger partial charge in [-0.25, -0.2) is 0 Å². The molecule has 1 heterocycles. The SMILES string of the molecule is N#Cc1sccc1C1=C(c2ccc(O)c(Cl)c2)Cc2c1cc(O)cc2C(F)(F)F. The van der Waals surface area contributed by atoms with Gasteiger partial charge in [0.05, 0.1) is 10.6 Å². The molecule has 0 spiro atoms. The Morgan fingerprint density at radius 3 is 2.48 bits per heavy atom. The fraction of sp³-hybridized carbons (Fsp3) is 0.0952. The highest BCUT2D eigenvalue weighted by Crippen LogP contribution is 2.49. The van der Waals surface area contributed by atoms with Crippen LogP contribution in [0.1, 0.15) is 32.7 Å². The van der Waals surface area contributed by atoms with E-state index in [9.17, 15) is 28.6 Å². The summed E-state index contributed by atoms with van der Waals surface area (Å²) in [7, 11) is 0. The van der Waals surface area contributed by atoms with Gasteiger partial charge in [-0.3, -0.25) is 0 Å². The first kappa shape index (κ1) is 19.4. The van der Waals surface area contributed by atoms with Gasteiger partial charge < -0.3 is 10.2 Å². The maximum Gasteiger partial charge on any atom is 0.416 e. The number of halogens is 4. The Labute approximate surface area is 172 Å². The van der Waals surface area contributed by atoms with E-state index < -0.39 is 17.5 Å². The molecule has 4 rings (SSSR count). The van der Waals surface area contributed by atoms with Gasteiger partial charge in [0.25, 0.3) is 0 Å². The van der Waals surface area contributed by atoms with Gasteiger partial charge in [-0.05, 0) is 70.0 Å². The van der Waals surface area contributed by atoms with Crippen LogP contribution < -0.4 is 0 Å². The van der Waals surface area contributed by atoms with Crippen molar-refractivity contribution in [2.75, 3.05) is 0 Å². The third kappa shape index (κ3) is 3.24. The standard InChI is InChI=1S/C21H11ClF3NO2S/c22-17-5-10(1-2-18(17)28)13-8-14-15(6-11(27)7-16(14)21(23,24)25)20(13)12-3-4-29-19(12)9-26/h1-7,27-28H,8H2. The summed E-state index contributed by atoms with van der Waals surface area (Å²) in [4.78, 5) is 0.354. The van der Waals surface area contributed by atoms with Crippen molar-refractivity contribution in [2.45, 2.75) is 12.6 Å². The maximum absolute atomic E-state index is 13.7. The molecule has 1 aliphatic carbocycles. The molecule has 0 bridgehead atoms. The molecule has 1 aliphatic rings. The molecule has 0 amide bonds. The summed E-state index contributed by atoms with van der Waals surface area (Å²) >= 11 is 7.20. The van der Waals surface area contributed by atoms with Crippen molar-refractivity contribution in [1.29, 1.82) is 5.26 Å². The maximum atomic E-state index is 13.7. The first-order valence-electron chi connectivity index (χ1n) is 8.34. The number of allylic oxidation sites excluding steroid dienone is 1. The van der Waals surface area contributed by atoms with Crippen molar-refractivity contribution in [3.8, 4) is 17.6 Å². The van der Waals surface area contributed by atoms with E-state index in [4.69, 9.17) is 11.6 Å². The second kappa shape index (κ2) is 6.83. The van der Waals surface area contributed by atoms with E-state index in [1.807, 2.05) is 0 Å². The smallest absolute Gasteiger partial charge is 0.416 e. The van der Waals surface area contributed by atoms with Gasteiger partial charge >= 0.3 is 6.18 Å². The van der Waals surface area contributed by atoms with Gasteiger partial charge in [0.2, 0.25) is 0 Å². The average molecular weight is 434 g/mol. The van der Waals surface area contributed by atoms with Crippen LogP contribution in [0.5, 0.6) is 11.5 Å². The Hall–Kier alpha value is -2.95. The number of aromatic hydroxyl groups is 2. The number of thiophene rings is 1.